The maximum Gasteiger partial charge on any atom is 0.311 e. The fraction of sp³-hybridized carbons (Fsp3) is 0.200. The van der Waals surface area contributed by atoms with Gasteiger partial charge >= 0.3 is 10.9 Å². The van der Waals surface area contributed by atoms with Crippen molar-refractivity contribution < 1.29 is 9.66 Å². The molecule has 0 aliphatic carbocycles. The van der Waals surface area contributed by atoms with Crippen molar-refractivity contribution in [3.63, 3.8) is 0 Å². The molecule has 0 saturated carbocycles. The van der Waals surface area contributed by atoms with E-state index in [-0.39, 0.29) is 16.6 Å². The molecule has 0 atom stereocenters. The van der Waals surface area contributed by atoms with Gasteiger partial charge in [0.1, 0.15) is 0 Å². The molecule has 0 N–H and O–H groups in total. The number of benzene rings is 1. The number of nitrogens with zero attached hydrogens (tertiary/aromatic N) is 3. The maximum atomic E-state index is 11.0. The highest BCUT2D eigenvalue weighted by molar-refractivity contribution is 9.11. The van der Waals surface area contributed by atoms with Gasteiger partial charge in [0.05, 0.1) is 4.92 Å². The molecule has 94 valence electrons. The molecule has 0 spiro atoms. The van der Waals surface area contributed by atoms with Crippen LogP contribution in [0, 0.1) is 10.1 Å². The summed E-state index contributed by atoms with van der Waals surface area (Å²) < 4.78 is 5.92. The van der Waals surface area contributed by atoms with Crippen molar-refractivity contribution in [1.29, 1.82) is 0 Å². The van der Waals surface area contributed by atoms with Gasteiger partial charge in [0.15, 0.2) is 3.92 Å². The summed E-state index contributed by atoms with van der Waals surface area (Å²) in [4.78, 5) is 10.5. The maximum absolute atomic E-state index is 11.0. The summed E-state index contributed by atoms with van der Waals surface area (Å²) in [7, 11) is 0. The Kier molecular flexibility index (Phi) is 3.87. The van der Waals surface area contributed by atoms with Crippen molar-refractivity contribution in [3.8, 4) is 10.9 Å². The molecule has 18 heavy (non-hydrogen) atoms. The third kappa shape index (κ3) is 2.82. The van der Waals surface area contributed by atoms with Gasteiger partial charge in [-0.1, -0.05) is 18.1 Å². The van der Waals surface area contributed by atoms with Gasteiger partial charge in [-0.2, -0.15) is 0 Å². The van der Waals surface area contributed by atoms with E-state index in [0.29, 0.717) is 3.92 Å². The molecule has 0 fully saturated rings. The minimum atomic E-state index is -0.468. The Bertz CT molecular complexity index is 587. The zero-order valence-electron chi connectivity index (χ0n) is 9.29. The fourth-order valence-electron chi connectivity index (χ4n) is 1.34. The lowest BCUT2D eigenvalue weighted by molar-refractivity contribution is -0.385. The van der Waals surface area contributed by atoms with Crippen LogP contribution in [-0.4, -0.2) is 15.1 Å². The Hall–Kier alpha value is -1.54. The molecule has 1 heterocycles. The number of nitro groups is 1. The SMILES string of the molecule is CCc1ccc(Oc2nnc(Br)s2)c([N+](=O)[O-])c1. The van der Waals surface area contributed by atoms with Crippen LogP contribution in [-0.2, 0) is 6.42 Å². The summed E-state index contributed by atoms with van der Waals surface area (Å²) in [6.45, 7) is 1.93. The van der Waals surface area contributed by atoms with Gasteiger partial charge in [-0.05, 0) is 45.3 Å². The van der Waals surface area contributed by atoms with E-state index in [9.17, 15) is 10.1 Å². The Morgan fingerprint density at radius 1 is 1.50 bits per heavy atom. The highest BCUT2D eigenvalue weighted by atomic mass is 79.9. The molecule has 0 amide bonds. The average Bonchev–Trinajstić information content (AvgIpc) is 2.75. The molecule has 0 unspecified atom stereocenters. The van der Waals surface area contributed by atoms with Crippen LogP contribution in [0.15, 0.2) is 22.1 Å². The normalized spacial score (nSPS) is 10.3. The average molecular weight is 330 g/mol. The molecule has 1 aromatic heterocycles. The Morgan fingerprint density at radius 2 is 2.28 bits per heavy atom. The quantitative estimate of drug-likeness (QED) is 0.633. The van der Waals surface area contributed by atoms with Crippen molar-refractivity contribution in [2.45, 2.75) is 13.3 Å². The lowest BCUT2D eigenvalue weighted by Crippen LogP contribution is -1.95. The first-order valence-electron chi connectivity index (χ1n) is 5.04. The minimum Gasteiger partial charge on any atom is -0.422 e. The standard InChI is InChI=1S/C10H8BrN3O3S/c1-2-6-3-4-8(7(5-6)14(15)16)17-10-13-12-9(11)18-10/h3-5H,2H2,1H3. The number of hydrogen-bond donors (Lipinski definition) is 0. The lowest BCUT2D eigenvalue weighted by Gasteiger charge is -2.03. The van der Waals surface area contributed by atoms with E-state index in [1.807, 2.05) is 6.92 Å². The van der Waals surface area contributed by atoms with Crippen molar-refractivity contribution in [2.75, 3.05) is 0 Å². The Labute approximate surface area is 115 Å². The van der Waals surface area contributed by atoms with Gasteiger partial charge in [0.25, 0.3) is 0 Å². The van der Waals surface area contributed by atoms with E-state index in [2.05, 4.69) is 26.1 Å². The highest BCUT2D eigenvalue weighted by Gasteiger charge is 2.17. The predicted octanol–water partition coefficient (Wildman–Crippen LogP) is 3.56. The summed E-state index contributed by atoms with van der Waals surface area (Å²) in [5.41, 5.74) is 0.813. The van der Waals surface area contributed by atoms with Crippen LogP contribution < -0.4 is 4.74 Å². The lowest BCUT2D eigenvalue weighted by atomic mass is 10.1. The van der Waals surface area contributed by atoms with E-state index < -0.39 is 4.92 Å². The number of ether oxygens (including phenoxy) is 1. The van der Waals surface area contributed by atoms with E-state index in [4.69, 9.17) is 4.74 Å². The van der Waals surface area contributed by atoms with Gasteiger partial charge < -0.3 is 4.74 Å². The molecular formula is C10H8BrN3O3S. The molecule has 8 heteroatoms. The largest absolute Gasteiger partial charge is 0.422 e. The van der Waals surface area contributed by atoms with Gasteiger partial charge in [0.2, 0.25) is 5.75 Å². The summed E-state index contributed by atoms with van der Waals surface area (Å²) in [5, 5.41) is 18.7. The molecule has 0 aliphatic rings. The monoisotopic (exact) mass is 329 g/mol. The zero-order chi connectivity index (χ0) is 13.1. The topological polar surface area (TPSA) is 78.2 Å². The van der Waals surface area contributed by atoms with Crippen molar-refractivity contribution in [2.24, 2.45) is 0 Å². The van der Waals surface area contributed by atoms with Crippen molar-refractivity contribution in [3.05, 3.63) is 37.8 Å². The van der Waals surface area contributed by atoms with E-state index in [0.717, 1.165) is 23.3 Å². The van der Waals surface area contributed by atoms with E-state index >= 15 is 0 Å². The number of nitro benzene ring substituents is 1. The number of hydrogen-bond acceptors (Lipinski definition) is 6. The van der Waals surface area contributed by atoms with Gasteiger partial charge in [0, 0.05) is 6.07 Å². The Morgan fingerprint density at radius 3 is 2.83 bits per heavy atom. The first-order valence-corrected chi connectivity index (χ1v) is 6.65. The molecule has 2 rings (SSSR count). The van der Waals surface area contributed by atoms with Crippen LogP contribution in [0.5, 0.6) is 10.9 Å². The summed E-state index contributed by atoms with van der Waals surface area (Å²) in [6.07, 6.45) is 0.728. The first kappa shape index (κ1) is 12.9. The smallest absolute Gasteiger partial charge is 0.311 e. The number of halogens is 1. The van der Waals surface area contributed by atoms with Crippen LogP contribution in [0.1, 0.15) is 12.5 Å². The van der Waals surface area contributed by atoms with Gasteiger partial charge in [-0.3, -0.25) is 10.1 Å². The summed E-state index contributed by atoms with van der Waals surface area (Å²) in [6, 6.07) is 4.87. The third-order valence-electron chi connectivity index (χ3n) is 2.21. The molecule has 0 aliphatic heterocycles. The third-order valence-corrected chi connectivity index (χ3v) is 3.44. The molecule has 0 saturated heterocycles. The number of aromatic nitrogens is 2. The van der Waals surface area contributed by atoms with Crippen molar-refractivity contribution >= 4 is 33.0 Å². The van der Waals surface area contributed by atoms with Crippen LogP contribution in [0.25, 0.3) is 0 Å². The zero-order valence-corrected chi connectivity index (χ0v) is 11.7. The van der Waals surface area contributed by atoms with Gasteiger partial charge in [-0.25, -0.2) is 0 Å². The molecular weight excluding hydrogens is 322 g/mol. The second kappa shape index (κ2) is 5.40. The van der Waals surface area contributed by atoms with Crippen molar-refractivity contribution in [1.82, 2.24) is 10.2 Å². The second-order valence-electron chi connectivity index (χ2n) is 3.34. The van der Waals surface area contributed by atoms with Gasteiger partial charge in [-0.15, -0.1) is 5.10 Å². The number of aryl methyl sites for hydroxylation is 1. The molecule has 1 aromatic carbocycles. The van der Waals surface area contributed by atoms with Crippen LogP contribution >= 0.6 is 27.3 Å². The molecule has 2 aromatic rings. The van der Waals surface area contributed by atoms with Crippen LogP contribution in [0.2, 0.25) is 0 Å². The number of rotatable bonds is 4. The summed E-state index contributed by atoms with van der Waals surface area (Å²) >= 11 is 4.31. The van der Waals surface area contributed by atoms with E-state index in [1.54, 1.807) is 12.1 Å². The summed E-state index contributed by atoms with van der Waals surface area (Å²) in [5.74, 6) is 0.167. The Balaban J connectivity index is 2.34. The minimum absolute atomic E-state index is 0.0688. The molecule has 0 radical (unpaired) electrons. The molecule has 6 nitrogen and oxygen atoms in total. The first-order chi connectivity index (χ1) is 8.60. The predicted molar refractivity (Wildman–Crippen MR) is 70.2 cm³/mol. The molecule has 0 bridgehead atoms. The highest BCUT2D eigenvalue weighted by Crippen LogP contribution is 2.34. The van der Waals surface area contributed by atoms with E-state index in [1.165, 1.54) is 6.07 Å². The second-order valence-corrected chi connectivity index (χ2v) is 5.55. The van der Waals surface area contributed by atoms with Crippen LogP contribution in [0.4, 0.5) is 5.69 Å². The fourth-order valence-corrected chi connectivity index (χ4v) is 2.27. The van der Waals surface area contributed by atoms with Crippen LogP contribution in [0.3, 0.4) is 0 Å².